The molecule has 99 valence electrons. The van der Waals surface area contributed by atoms with E-state index in [1.807, 2.05) is 60.9 Å². The first-order valence-corrected chi connectivity index (χ1v) is 7.51. The average Bonchev–Trinajstić information content (AvgIpc) is 2.51. The summed E-state index contributed by atoms with van der Waals surface area (Å²) in [6.45, 7) is 0. The van der Waals surface area contributed by atoms with E-state index in [0.29, 0.717) is 11.5 Å². The monoisotopic (exact) mass is 281 g/mol. The van der Waals surface area contributed by atoms with Gasteiger partial charge in [0.25, 0.3) is 0 Å². The molecule has 0 aromatic heterocycles. The zero-order valence-electron chi connectivity index (χ0n) is 11.0. The first-order valence-electron chi connectivity index (χ1n) is 6.28. The number of rotatable bonds is 3. The Kier molecular flexibility index (Phi) is 3.52. The predicted molar refractivity (Wildman–Crippen MR) is 82.4 cm³/mol. The number of hydrogen-bond acceptors (Lipinski definition) is 2. The van der Waals surface area contributed by atoms with E-state index in [1.54, 1.807) is 17.8 Å². The molecule has 0 N–H and O–H groups in total. The van der Waals surface area contributed by atoms with E-state index in [-0.39, 0.29) is 5.75 Å². The lowest BCUT2D eigenvalue weighted by molar-refractivity contribution is 0.331. The third-order valence-electron chi connectivity index (χ3n) is 3.12. The van der Waals surface area contributed by atoms with Crippen LogP contribution >= 0.6 is 11.8 Å². The quantitative estimate of drug-likeness (QED) is 0.593. The van der Waals surface area contributed by atoms with Gasteiger partial charge in [-0.25, -0.2) is 0 Å². The second-order valence-corrected chi connectivity index (χ2v) is 5.27. The van der Waals surface area contributed by atoms with E-state index < -0.39 is 0 Å². The van der Waals surface area contributed by atoms with Crippen molar-refractivity contribution in [3.63, 3.8) is 0 Å². The molecule has 0 saturated carbocycles. The fraction of sp³-hybridized carbons (Fsp3) is 0.0588. The van der Waals surface area contributed by atoms with Crippen LogP contribution in [0.25, 0.3) is 10.8 Å². The molecule has 0 fully saturated rings. The van der Waals surface area contributed by atoms with Crippen molar-refractivity contribution in [2.75, 3.05) is 6.26 Å². The lowest BCUT2D eigenvalue weighted by Gasteiger charge is -2.10. The van der Waals surface area contributed by atoms with Crippen LogP contribution in [0, 0.1) is 0 Å². The van der Waals surface area contributed by atoms with E-state index in [9.17, 15) is 5.11 Å². The Morgan fingerprint density at radius 3 is 2.40 bits per heavy atom. The Morgan fingerprint density at radius 2 is 1.65 bits per heavy atom. The summed E-state index contributed by atoms with van der Waals surface area (Å²) in [6, 6.07) is 18.8. The van der Waals surface area contributed by atoms with Crippen LogP contribution in [-0.4, -0.2) is 6.26 Å². The molecular formula is C17H13O2S. The van der Waals surface area contributed by atoms with Gasteiger partial charge in [0.2, 0.25) is 5.75 Å². The van der Waals surface area contributed by atoms with Gasteiger partial charge in [0.05, 0.1) is 0 Å². The van der Waals surface area contributed by atoms with Crippen LogP contribution in [0.5, 0.6) is 17.2 Å². The highest BCUT2D eigenvalue weighted by Crippen LogP contribution is 2.38. The molecule has 20 heavy (non-hydrogen) atoms. The van der Waals surface area contributed by atoms with Gasteiger partial charge in [0.1, 0.15) is 5.75 Å². The summed E-state index contributed by atoms with van der Waals surface area (Å²) in [7, 11) is 0. The van der Waals surface area contributed by atoms with Gasteiger partial charge >= 0.3 is 0 Å². The van der Waals surface area contributed by atoms with Crippen LogP contribution in [0.3, 0.4) is 0 Å². The second kappa shape index (κ2) is 5.47. The summed E-state index contributed by atoms with van der Waals surface area (Å²) in [4.78, 5) is 1.16. The molecule has 0 amide bonds. The molecule has 3 aromatic carbocycles. The maximum Gasteiger partial charge on any atom is 0.221 e. The molecule has 0 atom stereocenters. The summed E-state index contributed by atoms with van der Waals surface area (Å²) in [5, 5.41) is 13.9. The molecular weight excluding hydrogens is 268 g/mol. The maximum atomic E-state index is 12.0. The van der Waals surface area contributed by atoms with Crippen LogP contribution in [0.2, 0.25) is 0 Å². The molecule has 0 unspecified atom stereocenters. The zero-order valence-corrected chi connectivity index (χ0v) is 11.8. The number of thioether (sulfide) groups is 1. The molecule has 0 heterocycles. The highest BCUT2D eigenvalue weighted by molar-refractivity contribution is 7.98. The van der Waals surface area contributed by atoms with E-state index in [0.717, 1.165) is 15.7 Å². The minimum absolute atomic E-state index is 0.0994. The third kappa shape index (κ3) is 2.45. The lowest BCUT2D eigenvalue weighted by atomic mass is 10.1. The summed E-state index contributed by atoms with van der Waals surface area (Å²) in [6.07, 6.45) is 2.02. The normalized spacial score (nSPS) is 10.7. The predicted octanol–water partition coefficient (Wildman–Crippen LogP) is 5.50. The van der Waals surface area contributed by atoms with Crippen LogP contribution in [0.4, 0.5) is 0 Å². The van der Waals surface area contributed by atoms with E-state index in [4.69, 9.17) is 4.74 Å². The Morgan fingerprint density at radius 1 is 0.900 bits per heavy atom. The number of fused-ring (bicyclic) bond motifs is 1. The fourth-order valence-corrected chi connectivity index (χ4v) is 2.50. The lowest BCUT2D eigenvalue weighted by Crippen LogP contribution is -1.86. The van der Waals surface area contributed by atoms with Crippen molar-refractivity contribution >= 4 is 22.5 Å². The summed E-state index contributed by atoms with van der Waals surface area (Å²) in [5.41, 5.74) is 0. The number of ether oxygens (including phenoxy) is 1. The van der Waals surface area contributed by atoms with Crippen molar-refractivity contribution in [1.29, 1.82) is 0 Å². The summed E-state index contributed by atoms with van der Waals surface area (Å²) >= 11 is 1.67. The van der Waals surface area contributed by atoms with Crippen molar-refractivity contribution in [1.82, 2.24) is 0 Å². The highest BCUT2D eigenvalue weighted by Gasteiger charge is 2.10. The minimum Gasteiger partial charge on any atom is -0.453 e. The fourth-order valence-electron chi connectivity index (χ4n) is 2.09. The number of benzene rings is 3. The molecule has 0 bridgehead atoms. The SMILES string of the molecule is CSc1ccc(Oc2c([O])ccc3ccccc23)cc1. The van der Waals surface area contributed by atoms with E-state index in [2.05, 4.69) is 0 Å². The topological polar surface area (TPSA) is 29.1 Å². The summed E-state index contributed by atoms with van der Waals surface area (Å²) in [5.74, 6) is 0.967. The van der Waals surface area contributed by atoms with Crippen LogP contribution in [0.1, 0.15) is 0 Å². The van der Waals surface area contributed by atoms with E-state index in [1.165, 1.54) is 0 Å². The molecule has 2 nitrogen and oxygen atoms in total. The number of hydrogen-bond donors (Lipinski definition) is 0. The maximum absolute atomic E-state index is 12.0. The molecule has 0 aliphatic rings. The van der Waals surface area contributed by atoms with Gasteiger partial charge in [-0.3, -0.25) is 5.11 Å². The molecule has 3 rings (SSSR count). The minimum atomic E-state index is -0.0994. The second-order valence-electron chi connectivity index (χ2n) is 4.39. The van der Waals surface area contributed by atoms with Gasteiger partial charge in [-0.2, -0.15) is 0 Å². The smallest absolute Gasteiger partial charge is 0.221 e. The Balaban J connectivity index is 2.02. The van der Waals surface area contributed by atoms with Crippen molar-refractivity contribution in [2.45, 2.75) is 4.90 Å². The van der Waals surface area contributed by atoms with Gasteiger partial charge in [-0.15, -0.1) is 11.8 Å². The standard InChI is InChI=1S/C17H13O2S/c1-20-14-9-7-13(8-10-14)19-17-15-5-3-2-4-12(15)6-11-16(17)18/h2-11H,1H3. The van der Waals surface area contributed by atoms with Gasteiger partial charge in [0.15, 0.2) is 5.75 Å². The Labute approximate surface area is 122 Å². The summed E-state index contributed by atoms with van der Waals surface area (Å²) < 4.78 is 5.80. The van der Waals surface area contributed by atoms with Gasteiger partial charge in [-0.05, 0) is 42.0 Å². The molecule has 0 aliphatic carbocycles. The molecule has 0 saturated heterocycles. The van der Waals surface area contributed by atoms with Crippen LogP contribution in [0.15, 0.2) is 65.6 Å². The largest absolute Gasteiger partial charge is 0.453 e. The van der Waals surface area contributed by atoms with Gasteiger partial charge in [-0.1, -0.05) is 30.3 Å². The highest BCUT2D eigenvalue weighted by atomic mass is 32.2. The van der Waals surface area contributed by atoms with Crippen LogP contribution in [-0.2, 0) is 5.11 Å². The van der Waals surface area contributed by atoms with Crippen molar-refractivity contribution < 1.29 is 9.84 Å². The van der Waals surface area contributed by atoms with Crippen molar-refractivity contribution in [2.24, 2.45) is 0 Å². The van der Waals surface area contributed by atoms with Crippen molar-refractivity contribution in [3.8, 4) is 17.2 Å². The molecule has 3 aromatic rings. The Bertz CT molecular complexity index is 736. The Hall–Kier alpha value is -2.13. The molecule has 1 radical (unpaired) electrons. The zero-order chi connectivity index (χ0) is 13.9. The van der Waals surface area contributed by atoms with Crippen molar-refractivity contribution in [3.05, 3.63) is 60.7 Å². The van der Waals surface area contributed by atoms with Crippen LogP contribution < -0.4 is 4.74 Å². The van der Waals surface area contributed by atoms with Gasteiger partial charge < -0.3 is 4.74 Å². The van der Waals surface area contributed by atoms with E-state index >= 15 is 0 Å². The van der Waals surface area contributed by atoms with Gasteiger partial charge in [0, 0.05) is 10.3 Å². The molecule has 3 heteroatoms. The first kappa shape index (κ1) is 12.9. The molecule has 0 aliphatic heterocycles. The molecule has 0 spiro atoms. The average molecular weight is 281 g/mol. The third-order valence-corrected chi connectivity index (χ3v) is 3.87. The first-order chi connectivity index (χ1) is 9.78.